The van der Waals surface area contributed by atoms with Crippen molar-refractivity contribution in [2.75, 3.05) is 6.26 Å². The molecule has 1 aromatic rings. The summed E-state index contributed by atoms with van der Waals surface area (Å²) in [4.78, 5) is 6.76. The van der Waals surface area contributed by atoms with Crippen LogP contribution in [0, 0.1) is 0 Å². The van der Waals surface area contributed by atoms with Gasteiger partial charge >= 0.3 is 0 Å². The molecular formula is C4H10N2O2S. The Morgan fingerprint density at radius 1 is 1.56 bits per heavy atom. The number of H-pyrrole nitrogens is 1. The van der Waals surface area contributed by atoms with Gasteiger partial charge in [0.15, 0.2) is 0 Å². The number of aromatic nitrogens is 2. The summed E-state index contributed by atoms with van der Waals surface area (Å²) in [6, 6.07) is 0. The van der Waals surface area contributed by atoms with Crippen LogP contribution in [0.4, 0.5) is 0 Å². The van der Waals surface area contributed by atoms with Crippen LogP contribution in [-0.2, 0) is 0 Å². The molecule has 1 heterocycles. The van der Waals surface area contributed by atoms with Crippen LogP contribution in [-0.4, -0.2) is 27.2 Å². The van der Waals surface area contributed by atoms with Gasteiger partial charge in [0, 0.05) is 0 Å². The molecule has 0 aliphatic rings. The molecule has 0 fully saturated rings. The first-order valence-electron chi connectivity index (χ1n) is 1.96. The van der Waals surface area contributed by atoms with Gasteiger partial charge in [0.2, 0.25) is 0 Å². The Bertz CT molecular complexity index is 131. The van der Waals surface area contributed by atoms with E-state index in [1.807, 2.05) is 6.26 Å². The summed E-state index contributed by atoms with van der Waals surface area (Å²) in [5, 5.41) is 1.11. The van der Waals surface area contributed by atoms with Gasteiger partial charge in [0.1, 0.15) is 0 Å². The molecule has 4 nitrogen and oxygen atoms in total. The average Bonchev–Trinajstić information content (AvgIpc) is 2.14. The topological polar surface area (TPSA) is 91.7 Å². The quantitative estimate of drug-likeness (QED) is 0.546. The van der Waals surface area contributed by atoms with E-state index in [1.165, 1.54) is 0 Å². The molecule has 0 aromatic carbocycles. The highest BCUT2D eigenvalue weighted by Gasteiger charge is 1.82. The Morgan fingerprint density at radius 3 is 2.44 bits per heavy atom. The summed E-state index contributed by atoms with van der Waals surface area (Å²) in [7, 11) is 0. The van der Waals surface area contributed by atoms with Gasteiger partial charge < -0.3 is 15.9 Å². The van der Waals surface area contributed by atoms with E-state index in [0.29, 0.717) is 0 Å². The van der Waals surface area contributed by atoms with Crippen molar-refractivity contribution >= 4 is 11.8 Å². The molecule has 1 aromatic heterocycles. The van der Waals surface area contributed by atoms with E-state index in [9.17, 15) is 0 Å². The SMILES string of the molecule is CSc1cnc[nH]1.O.O. The van der Waals surface area contributed by atoms with Crippen molar-refractivity contribution < 1.29 is 11.0 Å². The summed E-state index contributed by atoms with van der Waals surface area (Å²) in [5.41, 5.74) is 0. The van der Waals surface area contributed by atoms with Gasteiger partial charge in [0.25, 0.3) is 0 Å². The Labute approximate surface area is 57.3 Å². The number of nitrogens with one attached hydrogen (secondary N) is 1. The second-order valence-corrected chi connectivity index (χ2v) is 1.97. The predicted molar refractivity (Wildman–Crippen MR) is 37.6 cm³/mol. The Balaban J connectivity index is 0. The number of hydrogen-bond donors (Lipinski definition) is 1. The number of thioether (sulfide) groups is 1. The standard InChI is InChI=1S/C4H6N2S.2H2O/c1-7-4-2-5-3-6-4;;/h2-3H,1H3,(H,5,6);2*1H2. The second-order valence-electron chi connectivity index (χ2n) is 1.12. The van der Waals surface area contributed by atoms with Crippen LogP contribution in [0.2, 0.25) is 0 Å². The zero-order valence-corrected chi connectivity index (χ0v) is 5.83. The lowest BCUT2D eigenvalue weighted by Crippen LogP contribution is -1.60. The lowest BCUT2D eigenvalue weighted by molar-refractivity contribution is 0.823. The van der Waals surface area contributed by atoms with Crippen LogP contribution in [0.25, 0.3) is 0 Å². The lowest BCUT2D eigenvalue weighted by atomic mass is 11.0. The van der Waals surface area contributed by atoms with Gasteiger partial charge in [-0.3, -0.25) is 0 Å². The fourth-order valence-corrected chi connectivity index (χ4v) is 0.692. The van der Waals surface area contributed by atoms with Crippen LogP contribution in [0.3, 0.4) is 0 Å². The van der Waals surface area contributed by atoms with E-state index in [1.54, 1.807) is 24.3 Å². The van der Waals surface area contributed by atoms with E-state index in [2.05, 4.69) is 9.97 Å². The molecule has 0 amide bonds. The zero-order valence-electron chi connectivity index (χ0n) is 5.01. The molecule has 0 spiro atoms. The first kappa shape index (κ1) is 11.3. The molecule has 0 atom stereocenters. The molecular weight excluding hydrogens is 140 g/mol. The highest BCUT2D eigenvalue weighted by atomic mass is 32.2. The molecule has 54 valence electrons. The maximum atomic E-state index is 3.82. The normalized spacial score (nSPS) is 7.22. The van der Waals surface area contributed by atoms with Crippen LogP contribution in [0.15, 0.2) is 17.6 Å². The zero-order chi connectivity index (χ0) is 5.11. The third-order valence-electron chi connectivity index (χ3n) is 0.693. The van der Waals surface area contributed by atoms with Crippen LogP contribution < -0.4 is 0 Å². The third-order valence-corrected chi connectivity index (χ3v) is 1.36. The van der Waals surface area contributed by atoms with Crippen molar-refractivity contribution in [1.82, 2.24) is 9.97 Å². The minimum Gasteiger partial charge on any atom is -0.412 e. The number of hydrogen-bond acceptors (Lipinski definition) is 2. The average molecular weight is 150 g/mol. The molecule has 0 saturated heterocycles. The largest absolute Gasteiger partial charge is 0.412 e. The molecule has 0 bridgehead atoms. The summed E-state index contributed by atoms with van der Waals surface area (Å²) < 4.78 is 0. The van der Waals surface area contributed by atoms with E-state index in [-0.39, 0.29) is 11.0 Å². The molecule has 0 radical (unpaired) electrons. The Hall–Kier alpha value is -0.520. The summed E-state index contributed by atoms with van der Waals surface area (Å²) in [5.74, 6) is 0. The highest BCUT2D eigenvalue weighted by molar-refractivity contribution is 7.98. The molecule has 5 N–H and O–H groups in total. The van der Waals surface area contributed by atoms with Gasteiger partial charge in [0.05, 0.1) is 17.6 Å². The molecule has 0 unspecified atom stereocenters. The van der Waals surface area contributed by atoms with Gasteiger partial charge in [-0.05, 0) is 6.26 Å². The van der Waals surface area contributed by atoms with Gasteiger partial charge in [-0.1, -0.05) is 0 Å². The summed E-state index contributed by atoms with van der Waals surface area (Å²) >= 11 is 1.66. The molecule has 0 aliphatic carbocycles. The number of imidazole rings is 1. The van der Waals surface area contributed by atoms with Gasteiger partial charge in [-0.15, -0.1) is 11.8 Å². The fraction of sp³-hybridized carbons (Fsp3) is 0.250. The van der Waals surface area contributed by atoms with Crippen LogP contribution in [0.1, 0.15) is 0 Å². The van der Waals surface area contributed by atoms with E-state index in [0.717, 1.165) is 5.03 Å². The van der Waals surface area contributed by atoms with Crippen LogP contribution >= 0.6 is 11.8 Å². The van der Waals surface area contributed by atoms with E-state index >= 15 is 0 Å². The molecule has 9 heavy (non-hydrogen) atoms. The third kappa shape index (κ3) is 3.12. The minimum atomic E-state index is 0. The summed E-state index contributed by atoms with van der Waals surface area (Å²) in [6.07, 6.45) is 5.48. The number of rotatable bonds is 1. The smallest absolute Gasteiger partial charge is 0.0928 e. The molecule has 0 saturated carbocycles. The van der Waals surface area contributed by atoms with Crippen molar-refractivity contribution in [2.45, 2.75) is 5.03 Å². The van der Waals surface area contributed by atoms with E-state index in [4.69, 9.17) is 0 Å². The second kappa shape index (κ2) is 5.61. The van der Waals surface area contributed by atoms with Crippen LogP contribution in [0.5, 0.6) is 0 Å². The van der Waals surface area contributed by atoms with Gasteiger partial charge in [-0.2, -0.15) is 0 Å². The Kier molecular flexibility index (Phi) is 7.05. The van der Waals surface area contributed by atoms with Crippen molar-refractivity contribution in [3.8, 4) is 0 Å². The van der Waals surface area contributed by atoms with Crippen molar-refractivity contribution in [2.24, 2.45) is 0 Å². The van der Waals surface area contributed by atoms with Crippen molar-refractivity contribution in [3.63, 3.8) is 0 Å². The lowest BCUT2D eigenvalue weighted by Gasteiger charge is -1.79. The summed E-state index contributed by atoms with van der Waals surface area (Å²) in [6.45, 7) is 0. The molecule has 0 aliphatic heterocycles. The fourth-order valence-electron chi connectivity index (χ4n) is 0.355. The first-order valence-corrected chi connectivity index (χ1v) is 3.18. The maximum Gasteiger partial charge on any atom is 0.0928 e. The highest BCUT2D eigenvalue weighted by Crippen LogP contribution is 2.06. The monoisotopic (exact) mass is 150 g/mol. The first-order chi connectivity index (χ1) is 3.43. The Morgan fingerprint density at radius 2 is 2.22 bits per heavy atom. The predicted octanol–water partition coefficient (Wildman–Crippen LogP) is -0.518. The number of aromatic amines is 1. The number of nitrogens with zero attached hydrogens (tertiary/aromatic N) is 1. The molecule has 1 rings (SSSR count). The maximum absolute atomic E-state index is 3.82. The van der Waals surface area contributed by atoms with Crippen molar-refractivity contribution in [3.05, 3.63) is 12.5 Å². The van der Waals surface area contributed by atoms with Crippen molar-refractivity contribution in [1.29, 1.82) is 0 Å². The van der Waals surface area contributed by atoms with E-state index < -0.39 is 0 Å². The van der Waals surface area contributed by atoms with Gasteiger partial charge in [-0.25, -0.2) is 4.98 Å². The molecule has 5 heteroatoms. The minimum absolute atomic E-state index is 0.